The van der Waals surface area contributed by atoms with Gasteiger partial charge in [-0.1, -0.05) is 17.7 Å². The first-order valence-corrected chi connectivity index (χ1v) is 10.3. The number of aliphatic carboxylic acids is 1. The van der Waals surface area contributed by atoms with Crippen LogP contribution < -0.4 is 9.47 Å². The normalized spacial score (nSPS) is 12.4. The maximum Gasteiger partial charge on any atom is 0.573 e. The standard InChI is InChI=1S/C20H20ClF3O5S/c1-2-27-16(11-28-14-4-6-15(7-5-14)29-20(22,23)24)12-30-18-8-3-13(9-17(18)21)10-19(25)26/h3-9,16H,2,10-12H2,1H3,(H,25,26)/t16-/m1/s1. The Balaban J connectivity index is 1.89. The van der Waals surface area contributed by atoms with Gasteiger partial charge in [0.15, 0.2) is 0 Å². The molecule has 0 aromatic heterocycles. The predicted molar refractivity (Wildman–Crippen MR) is 108 cm³/mol. The lowest BCUT2D eigenvalue weighted by atomic mass is 10.1. The van der Waals surface area contributed by atoms with E-state index in [9.17, 15) is 18.0 Å². The molecule has 1 N–H and O–H groups in total. The number of carboxylic acid groups (broad SMARTS) is 1. The number of carbonyl (C=O) groups is 1. The second-order valence-electron chi connectivity index (χ2n) is 6.05. The number of halogens is 4. The fraction of sp³-hybridized carbons (Fsp3) is 0.350. The molecule has 0 spiro atoms. The van der Waals surface area contributed by atoms with Gasteiger partial charge in [0.25, 0.3) is 0 Å². The summed E-state index contributed by atoms with van der Waals surface area (Å²) < 4.78 is 51.7. The Morgan fingerprint density at radius 3 is 2.40 bits per heavy atom. The third kappa shape index (κ3) is 8.73. The van der Waals surface area contributed by atoms with Crippen LogP contribution in [0.3, 0.4) is 0 Å². The highest BCUT2D eigenvalue weighted by Crippen LogP contribution is 2.30. The molecule has 10 heteroatoms. The molecule has 0 bridgehead atoms. The average molecular weight is 465 g/mol. The molecule has 0 heterocycles. The van der Waals surface area contributed by atoms with E-state index in [2.05, 4.69) is 4.74 Å². The molecule has 0 aliphatic rings. The zero-order valence-corrected chi connectivity index (χ0v) is 17.5. The molecule has 0 saturated heterocycles. The highest BCUT2D eigenvalue weighted by molar-refractivity contribution is 7.99. The van der Waals surface area contributed by atoms with Crippen LogP contribution in [-0.4, -0.2) is 42.5 Å². The topological polar surface area (TPSA) is 65.0 Å². The van der Waals surface area contributed by atoms with Gasteiger partial charge < -0.3 is 19.3 Å². The van der Waals surface area contributed by atoms with Crippen LogP contribution in [0.2, 0.25) is 5.02 Å². The van der Waals surface area contributed by atoms with Crippen molar-refractivity contribution in [3.8, 4) is 11.5 Å². The van der Waals surface area contributed by atoms with Crippen molar-refractivity contribution in [2.45, 2.75) is 30.7 Å². The lowest BCUT2D eigenvalue weighted by Gasteiger charge is -2.18. The van der Waals surface area contributed by atoms with Crippen molar-refractivity contribution >= 4 is 29.3 Å². The third-order valence-electron chi connectivity index (χ3n) is 3.67. The van der Waals surface area contributed by atoms with Gasteiger partial charge in [-0.2, -0.15) is 0 Å². The fourth-order valence-corrected chi connectivity index (χ4v) is 3.72. The maximum absolute atomic E-state index is 12.2. The molecule has 0 unspecified atom stereocenters. The summed E-state index contributed by atoms with van der Waals surface area (Å²) in [7, 11) is 0. The van der Waals surface area contributed by atoms with Gasteiger partial charge in [-0.3, -0.25) is 4.79 Å². The first-order valence-electron chi connectivity index (χ1n) is 8.89. The molecule has 0 radical (unpaired) electrons. The molecule has 0 saturated carbocycles. The average Bonchev–Trinajstić information content (AvgIpc) is 2.64. The zero-order valence-electron chi connectivity index (χ0n) is 15.9. The maximum atomic E-state index is 12.2. The first-order chi connectivity index (χ1) is 14.2. The van der Waals surface area contributed by atoms with E-state index in [4.69, 9.17) is 26.2 Å². The molecule has 0 amide bonds. The van der Waals surface area contributed by atoms with Crippen LogP contribution >= 0.6 is 23.4 Å². The van der Waals surface area contributed by atoms with E-state index in [1.54, 1.807) is 18.2 Å². The Bertz CT molecular complexity index is 830. The van der Waals surface area contributed by atoms with E-state index >= 15 is 0 Å². The van der Waals surface area contributed by atoms with E-state index < -0.39 is 12.3 Å². The monoisotopic (exact) mass is 464 g/mol. The molecule has 2 aromatic rings. The van der Waals surface area contributed by atoms with Gasteiger partial charge in [-0.25, -0.2) is 0 Å². The summed E-state index contributed by atoms with van der Waals surface area (Å²) in [4.78, 5) is 11.6. The lowest BCUT2D eigenvalue weighted by Crippen LogP contribution is -2.24. The third-order valence-corrected chi connectivity index (χ3v) is 5.30. The second-order valence-corrected chi connectivity index (χ2v) is 7.52. The zero-order chi connectivity index (χ0) is 22.1. The SMILES string of the molecule is CCO[C@H](COc1ccc(OC(F)(F)F)cc1)CSc1ccc(CC(=O)O)cc1Cl. The molecule has 2 aromatic carbocycles. The van der Waals surface area contributed by atoms with E-state index in [1.165, 1.54) is 36.0 Å². The number of thioether (sulfide) groups is 1. The quantitative estimate of drug-likeness (QED) is 0.447. The van der Waals surface area contributed by atoms with Crippen molar-refractivity contribution in [1.29, 1.82) is 0 Å². The van der Waals surface area contributed by atoms with Crippen molar-refractivity contribution in [2.24, 2.45) is 0 Å². The second kappa shape index (κ2) is 11.3. The molecule has 5 nitrogen and oxygen atoms in total. The van der Waals surface area contributed by atoms with Crippen molar-refractivity contribution in [1.82, 2.24) is 0 Å². The van der Waals surface area contributed by atoms with Crippen molar-refractivity contribution in [3.05, 3.63) is 53.1 Å². The molecular formula is C20H20ClF3O5S. The number of carboxylic acids is 1. The highest BCUT2D eigenvalue weighted by Gasteiger charge is 2.31. The van der Waals surface area contributed by atoms with Crippen molar-refractivity contribution < 1.29 is 37.3 Å². The summed E-state index contributed by atoms with van der Waals surface area (Å²) in [5, 5.41) is 9.30. The van der Waals surface area contributed by atoms with Crippen molar-refractivity contribution in [2.75, 3.05) is 19.0 Å². The summed E-state index contributed by atoms with van der Waals surface area (Å²) in [5.41, 5.74) is 0.611. The van der Waals surface area contributed by atoms with Crippen molar-refractivity contribution in [3.63, 3.8) is 0 Å². The highest BCUT2D eigenvalue weighted by atomic mass is 35.5. The van der Waals surface area contributed by atoms with Gasteiger partial charge in [0.05, 0.1) is 11.4 Å². The molecular weight excluding hydrogens is 445 g/mol. The largest absolute Gasteiger partial charge is 0.573 e. The summed E-state index contributed by atoms with van der Waals surface area (Å²) >= 11 is 7.67. The molecule has 0 aliphatic carbocycles. The van der Waals surface area contributed by atoms with Crippen LogP contribution in [0.5, 0.6) is 11.5 Å². The molecule has 1 atom stereocenters. The fourth-order valence-electron chi connectivity index (χ4n) is 2.44. The Labute approximate surface area is 181 Å². The van der Waals surface area contributed by atoms with E-state index in [0.29, 0.717) is 28.7 Å². The molecule has 30 heavy (non-hydrogen) atoms. The number of alkyl halides is 3. The van der Waals surface area contributed by atoms with Gasteiger partial charge in [0.2, 0.25) is 0 Å². The van der Waals surface area contributed by atoms with Gasteiger partial charge >= 0.3 is 12.3 Å². The van der Waals surface area contributed by atoms with E-state index in [0.717, 1.165) is 4.90 Å². The molecule has 0 aliphatic heterocycles. The Kier molecular flexibility index (Phi) is 9.13. The summed E-state index contributed by atoms with van der Waals surface area (Å²) in [6, 6.07) is 10.2. The van der Waals surface area contributed by atoms with Crippen LogP contribution in [0.25, 0.3) is 0 Å². The minimum Gasteiger partial charge on any atom is -0.491 e. The Hall–Kier alpha value is -2.10. The van der Waals surface area contributed by atoms with E-state index in [-0.39, 0.29) is 24.9 Å². The minimum atomic E-state index is -4.74. The minimum absolute atomic E-state index is 0.104. The summed E-state index contributed by atoms with van der Waals surface area (Å²) in [5.74, 6) is -0.359. The number of hydrogen-bond acceptors (Lipinski definition) is 5. The Morgan fingerprint density at radius 1 is 1.17 bits per heavy atom. The molecule has 2 rings (SSSR count). The van der Waals surface area contributed by atoms with Gasteiger partial charge in [-0.05, 0) is 48.9 Å². The van der Waals surface area contributed by atoms with Crippen LogP contribution in [0.15, 0.2) is 47.4 Å². The first kappa shape index (κ1) is 24.2. The van der Waals surface area contributed by atoms with Gasteiger partial charge in [0.1, 0.15) is 24.2 Å². The molecule has 0 fully saturated rings. The number of benzene rings is 2. The predicted octanol–water partition coefficient (Wildman–Crippen LogP) is 5.44. The van der Waals surface area contributed by atoms with Gasteiger partial charge in [-0.15, -0.1) is 24.9 Å². The Morgan fingerprint density at radius 2 is 1.83 bits per heavy atom. The molecule has 164 valence electrons. The number of rotatable bonds is 11. The van der Waals surface area contributed by atoms with E-state index in [1.807, 2.05) is 6.92 Å². The number of ether oxygens (including phenoxy) is 3. The van der Waals surface area contributed by atoms with Gasteiger partial charge in [0, 0.05) is 17.3 Å². The smallest absolute Gasteiger partial charge is 0.491 e. The van der Waals surface area contributed by atoms with Crippen LogP contribution in [0.1, 0.15) is 12.5 Å². The summed E-state index contributed by atoms with van der Waals surface area (Å²) in [6.07, 6.45) is -5.14. The van der Waals surface area contributed by atoms with Crippen LogP contribution in [0, 0.1) is 0 Å². The van der Waals surface area contributed by atoms with Crippen LogP contribution in [-0.2, 0) is 16.0 Å². The lowest BCUT2D eigenvalue weighted by molar-refractivity contribution is -0.274. The summed E-state index contributed by atoms with van der Waals surface area (Å²) in [6.45, 7) is 2.49. The van der Waals surface area contributed by atoms with Crippen LogP contribution in [0.4, 0.5) is 13.2 Å². The number of hydrogen-bond donors (Lipinski definition) is 1.